The van der Waals surface area contributed by atoms with Crippen molar-refractivity contribution in [1.29, 1.82) is 0 Å². The average Bonchev–Trinajstić information content (AvgIpc) is 3.20. The van der Waals surface area contributed by atoms with Crippen LogP contribution in [0.15, 0.2) is 0 Å². The Labute approximate surface area is 106 Å². The maximum absolute atomic E-state index is 5.79. The third kappa shape index (κ3) is 2.08. The average molecular weight is 253 g/mol. The van der Waals surface area contributed by atoms with Crippen molar-refractivity contribution in [2.45, 2.75) is 32.6 Å². The van der Waals surface area contributed by atoms with Crippen molar-refractivity contribution in [2.24, 2.45) is 11.3 Å². The first-order valence-corrected chi connectivity index (χ1v) is 7.14. The van der Waals surface area contributed by atoms with Crippen molar-refractivity contribution in [3.8, 4) is 5.75 Å². The van der Waals surface area contributed by atoms with Gasteiger partial charge in [-0.25, -0.2) is 0 Å². The highest BCUT2D eigenvalue weighted by Crippen LogP contribution is 2.61. The second-order valence-corrected chi connectivity index (χ2v) is 5.92. The monoisotopic (exact) mass is 253 g/mol. The minimum absolute atomic E-state index is 0.510. The predicted molar refractivity (Wildman–Crippen MR) is 70.6 cm³/mol. The Balaban J connectivity index is 1.64. The smallest absolute Gasteiger partial charge is 0.197 e. The van der Waals surface area contributed by atoms with Crippen molar-refractivity contribution in [3.63, 3.8) is 0 Å². The van der Waals surface area contributed by atoms with E-state index in [1.807, 2.05) is 6.92 Å². The Morgan fingerprint density at radius 2 is 2.29 bits per heavy atom. The zero-order valence-electron chi connectivity index (χ0n) is 10.2. The zero-order valence-corrected chi connectivity index (χ0v) is 11.0. The van der Waals surface area contributed by atoms with E-state index in [1.54, 1.807) is 0 Å². The second-order valence-electron chi connectivity index (χ2n) is 5.15. The first-order valence-electron chi connectivity index (χ1n) is 6.37. The van der Waals surface area contributed by atoms with Gasteiger partial charge in [0.1, 0.15) is 0 Å². The molecule has 94 valence electrons. The largest absolute Gasteiger partial charge is 0.487 e. The van der Waals surface area contributed by atoms with Gasteiger partial charge < -0.3 is 15.8 Å². The lowest BCUT2D eigenvalue weighted by atomic mass is 10.0. The van der Waals surface area contributed by atoms with Gasteiger partial charge in [0.05, 0.1) is 6.61 Å². The molecule has 3 rings (SSSR count). The molecular weight excluding hydrogens is 234 g/mol. The van der Waals surface area contributed by atoms with Crippen LogP contribution in [0.25, 0.3) is 0 Å². The fourth-order valence-corrected chi connectivity index (χ4v) is 3.19. The summed E-state index contributed by atoms with van der Waals surface area (Å²) in [5.41, 5.74) is 6.37. The standard InChI is InChI=1S/C12H19N3OS/c1-2-16-9-10(13)15-17-11(9)14-7-12(5-6-12)8-3-4-8/h8,14H,2-7H2,1H3,(H2,13,15). The Bertz CT molecular complexity index is 410. The Morgan fingerprint density at radius 3 is 2.88 bits per heavy atom. The van der Waals surface area contributed by atoms with Crippen LogP contribution in [0, 0.1) is 11.3 Å². The third-order valence-electron chi connectivity index (χ3n) is 3.90. The molecule has 0 bridgehead atoms. The number of nitrogens with zero attached hydrogens (tertiary/aromatic N) is 1. The van der Waals surface area contributed by atoms with Crippen LogP contribution in [0.3, 0.4) is 0 Å². The van der Waals surface area contributed by atoms with E-state index in [-0.39, 0.29) is 0 Å². The summed E-state index contributed by atoms with van der Waals surface area (Å²) >= 11 is 1.41. The Morgan fingerprint density at radius 1 is 1.53 bits per heavy atom. The summed E-state index contributed by atoms with van der Waals surface area (Å²) in [6, 6.07) is 0. The highest BCUT2D eigenvalue weighted by atomic mass is 32.1. The van der Waals surface area contributed by atoms with Gasteiger partial charge in [-0.1, -0.05) is 0 Å². The number of ether oxygens (including phenoxy) is 1. The summed E-state index contributed by atoms with van der Waals surface area (Å²) in [5.74, 6) is 2.22. The molecule has 2 fully saturated rings. The minimum atomic E-state index is 0.510. The maximum atomic E-state index is 5.79. The van der Waals surface area contributed by atoms with Gasteiger partial charge in [-0.05, 0) is 55.5 Å². The van der Waals surface area contributed by atoms with E-state index in [0.29, 0.717) is 17.8 Å². The van der Waals surface area contributed by atoms with E-state index in [9.17, 15) is 0 Å². The summed E-state index contributed by atoms with van der Waals surface area (Å²) in [4.78, 5) is 0. The quantitative estimate of drug-likeness (QED) is 0.818. The number of nitrogens with one attached hydrogen (secondary N) is 1. The molecule has 1 heterocycles. The molecule has 2 saturated carbocycles. The normalized spacial score (nSPS) is 21.2. The molecule has 0 spiro atoms. The molecule has 0 unspecified atom stereocenters. The van der Waals surface area contributed by atoms with Crippen LogP contribution < -0.4 is 15.8 Å². The van der Waals surface area contributed by atoms with Gasteiger partial charge in [0.25, 0.3) is 0 Å². The second kappa shape index (κ2) is 4.05. The van der Waals surface area contributed by atoms with Crippen LogP contribution in [0.2, 0.25) is 0 Å². The van der Waals surface area contributed by atoms with Crippen molar-refractivity contribution >= 4 is 22.4 Å². The summed E-state index contributed by atoms with van der Waals surface area (Å²) in [6.45, 7) is 3.65. The molecule has 4 nitrogen and oxygen atoms in total. The molecule has 0 radical (unpaired) electrons. The van der Waals surface area contributed by atoms with Gasteiger partial charge in [-0.3, -0.25) is 0 Å². The zero-order chi connectivity index (χ0) is 11.9. The van der Waals surface area contributed by atoms with Gasteiger partial charge in [-0.15, -0.1) is 0 Å². The van der Waals surface area contributed by atoms with E-state index in [0.717, 1.165) is 23.2 Å². The van der Waals surface area contributed by atoms with Gasteiger partial charge in [0.15, 0.2) is 16.6 Å². The molecule has 2 aliphatic carbocycles. The molecule has 0 atom stereocenters. The van der Waals surface area contributed by atoms with Crippen LogP contribution in [-0.4, -0.2) is 17.5 Å². The van der Waals surface area contributed by atoms with E-state index in [1.165, 1.54) is 37.2 Å². The van der Waals surface area contributed by atoms with Gasteiger partial charge in [0, 0.05) is 6.54 Å². The van der Waals surface area contributed by atoms with Crippen molar-refractivity contribution in [3.05, 3.63) is 0 Å². The number of anilines is 2. The van der Waals surface area contributed by atoms with Crippen molar-refractivity contribution in [1.82, 2.24) is 4.37 Å². The summed E-state index contributed by atoms with van der Waals surface area (Å²) in [5, 5.41) is 4.49. The molecule has 3 N–H and O–H groups in total. The molecule has 2 aliphatic rings. The van der Waals surface area contributed by atoms with Gasteiger partial charge in [-0.2, -0.15) is 4.37 Å². The summed E-state index contributed by atoms with van der Waals surface area (Å²) in [7, 11) is 0. The van der Waals surface area contributed by atoms with Crippen LogP contribution in [0.1, 0.15) is 32.6 Å². The van der Waals surface area contributed by atoms with Crippen LogP contribution in [0.5, 0.6) is 5.75 Å². The van der Waals surface area contributed by atoms with Gasteiger partial charge in [0.2, 0.25) is 0 Å². The third-order valence-corrected chi connectivity index (χ3v) is 4.70. The van der Waals surface area contributed by atoms with E-state index in [4.69, 9.17) is 10.5 Å². The molecule has 5 heteroatoms. The maximum Gasteiger partial charge on any atom is 0.197 e. The lowest BCUT2D eigenvalue weighted by Gasteiger charge is -2.15. The fourth-order valence-electron chi connectivity index (χ4n) is 2.53. The Hall–Kier alpha value is -0.970. The van der Waals surface area contributed by atoms with E-state index in [2.05, 4.69) is 9.69 Å². The molecule has 17 heavy (non-hydrogen) atoms. The SMILES string of the molecule is CCOc1c(N)nsc1NCC1(C2CC2)CC1. The number of hydrogen-bond donors (Lipinski definition) is 2. The molecule has 1 aromatic heterocycles. The summed E-state index contributed by atoms with van der Waals surface area (Å²) in [6.07, 6.45) is 5.60. The molecule has 0 amide bonds. The minimum Gasteiger partial charge on any atom is -0.487 e. The van der Waals surface area contributed by atoms with Crippen molar-refractivity contribution < 1.29 is 4.74 Å². The lowest BCUT2D eigenvalue weighted by molar-refractivity contribution is 0.343. The van der Waals surface area contributed by atoms with E-state index >= 15 is 0 Å². The highest BCUT2D eigenvalue weighted by molar-refractivity contribution is 7.11. The van der Waals surface area contributed by atoms with Crippen LogP contribution in [0.4, 0.5) is 10.8 Å². The van der Waals surface area contributed by atoms with Crippen LogP contribution >= 0.6 is 11.5 Å². The fraction of sp³-hybridized carbons (Fsp3) is 0.750. The number of nitrogens with two attached hydrogens (primary N) is 1. The molecular formula is C12H19N3OS. The molecule has 0 aromatic carbocycles. The summed E-state index contributed by atoms with van der Waals surface area (Å²) < 4.78 is 9.68. The number of rotatable bonds is 6. The first kappa shape index (κ1) is 11.1. The Kier molecular flexibility index (Phi) is 2.65. The predicted octanol–water partition coefficient (Wildman–Crippen LogP) is 2.73. The van der Waals surface area contributed by atoms with Gasteiger partial charge >= 0.3 is 0 Å². The highest BCUT2D eigenvalue weighted by Gasteiger charge is 2.53. The number of aromatic nitrogens is 1. The first-order chi connectivity index (χ1) is 8.25. The lowest BCUT2D eigenvalue weighted by Crippen LogP contribution is -2.17. The molecule has 1 aromatic rings. The van der Waals surface area contributed by atoms with Crippen LogP contribution in [-0.2, 0) is 0 Å². The molecule has 0 aliphatic heterocycles. The molecule has 0 saturated heterocycles. The topological polar surface area (TPSA) is 60.2 Å². The van der Waals surface area contributed by atoms with E-state index < -0.39 is 0 Å². The van der Waals surface area contributed by atoms with Crippen molar-refractivity contribution in [2.75, 3.05) is 24.2 Å². The number of hydrogen-bond acceptors (Lipinski definition) is 5. The number of nitrogen functional groups attached to an aromatic ring is 1.